The lowest BCUT2D eigenvalue weighted by atomic mass is 10.1. The highest BCUT2D eigenvalue weighted by Crippen LogP contribution is 2.21. The molecule has 0 radical (unpaired) electrons. The Morgan fingerprint density at radius 3 is 0.746 bits per heavy atom. The Hall–Kier alpha value is -0.640. The van der Waals surface area contributed by atoms with Crippen LogP contribution in [0.25, 0.3) is 0 Å². The average molecular weight is 1020 g/mol. The summed E-state index contributed by atoms with van der Waals surface area (Å²) in [5.74, 6) is -3.92. The first-order valence-electron chi connectivity index (χ1n) is 28.5. The van der Waals surface area contributed by atoms with Crippen LogP contribution in [0.3, 0.4) is 0 Å². The second kappa shape index (κ2) is 57.9. The van der Waals surface area contributed by atoms with Gasteiger partial charge in [-0.3, -0.25) is 0 Å². The van der Waals surface area contributed by atoms with E-state index < -0.39 is 38.1 Å². The van der Waals surface area contributed by atoms with Crippen LogP contribution >= 0.6 is 25.7 Å². The number of hydrogen-bond acceptors (Lipinski definition) is 7. The Kier molecular flexibility index (Phi) is 61.1. The molecule has 11 heteroatoms. The summed E-state index contributed by atoms with van der Waals surface area (Å²) in [4.78, 5) is 19.7. The quantitative estimate of drug-likeness (QED) is 0.0360. The smallest absolute Gasteiger partial charge is 0.125 e. The Bertz CT molecular complexity index is 1140. The van der Waals surface area contributed by atoms with E-state index in [4.69, 9.17) is 0 Å². The fraction of sp³-hybridized carbons (Fsp3) is 0.857. The Morgan fingerprint density at radius 2 is 0.552 bits per heavy atom. The summed E-state index contributed by atoms with van der Waals surface area (Å²) in [6, 6.07) is 2.48. The van der Waals surface area contributed by atoms with Crippen LogP contribution in [-0.4, -0.2) is 61.9 Å². The van der Waals surface area contributed by atoms with Crippen LogP contribution in [0.1, 0.15) is 293 Å². The van der Waals surface area contributed by atoms with E-state index in [0.717, 1.165) is 43.9 Å². The summed E-state index contributed by atoms with van der Waals surface area (Å²) in [7, 11) is -2.85. The van der Waals surface area contributed by atoms with Crippen LogP contribution in [0.5, 0.6) is 0 Å². The van der Waals surface area contributed by atoms with E-state index in [2.05, 4.69) is 41.5 Å². The molecular formula is C56H111O7P3S. The monoisotopic (exact) mass is 1020 g/mol. The number of aromatic carboxylic acids is 2. The molecule has 398 valence electrons. The maximum Gasteiger partial charge on any atom is 0.125 e. The van der Waals surface area contributed by atoms with Gasteiger partial charge in [0.2, 0.25) is 0 Å². The number of hydrogen-bond donors (Lipinski definition) is 0. The van der Waals surface area contributed by atoms with Gasteiger partial charge >= 0.3 is 0 Å². The minimum absolute atomic E-state index is 0.757. The number of carbonyl (C=O) groups is 2. The molecule has 0 bridgehead atoms. The molecule has 0 saturated carbocycles. The van der Waals surface area contributed by atoms with Crippen LogP contribution in [0.2, 0.25) is 0 Å². The highest BCUT2D eigenvalue weighted by Gasteiger charge is 2.15. The summed E-state index contributed by atoms with van der Waals surface area (Å²) < 4.78 is 32.2. The van der Waals surface area contributed by atoms with Crippen LogP contribution in [0, 0.1) is 0 Å². The first-order chi connectivity index (χ1) is 32.5. The fourth-order valence-electron chi connectivity index (χ4n) is 7.93. The fourth-order valence-corrected chi connectivity index (χ4v) is 13.5. The number of rotatable bonds is 45. The summed E-state index contributed by atoms with van der Waals surface area (Å²) in [6.07, 6.45) is 62.3. The van der Waals surface area contributed by atoms with E-state index in [9.17, 15) is 32.8 Å². The van der Waals surface area contributed by atoms with Gasteiger partial charge in [0.25, 0.3) is 0 Å². The van der Waals surface area contributed by atoms with E-state index in [-0.39, 0.29) is 0 Å². The van der Waals surface area contributed by atoms with Gasteiger partial charge < -0.3 is 24.4 Å². The third-order valence-corrected chi connectivity index (χ3v) is 18.1. The molecule has 1 rings (SSSR count). The van der Waals surface area contributed by atoms with E-state index in [1.54, 1.807) is 37.0 Å². The molecule has 0 fully saturated rings. The van der Waals surface area contributed by atoms with Crippen LogP contribution in [0.4, 0.5) is 0 Å². The topological polar surface area (TPSA) is 137 Å². The first-order valence-corrected chi connectivity index (χ1v) is 34.8. The van der Waals surface area contributed by atoms with Crippen molar-refractivity contribution in [3.05, 3.63) is 29.3 Å². The number of benzene rings is 1. The van der Waals surface area contributed by atoms with Crippen molar-refractivity contribution >= 4 is 47.8 Å². The van der Waals surface area contributed by atoms with Gasteiger partial charge in [-0.15, -0.1) is 0 Å². The minimum atomic E-state index is -5.25. The minimum Gasteiger partial charge on any atom is -0.744 e. The molecule has 0 heterocycles. The third kappa shape index (κ3) is 54.5. The third-order valence-electron chi connectivity index (χ3n) is 12.3. The molecule has 0 N–H and O–H groups in total. The lowest BCUT2D eigenvalue weighted by Gasteiger charge is -2.18. The molecule has 0 aliphatic carbocycles. The SMILES string of the molecule is CCCCCCCCCCCC[PH2+]CCCC.CCCCCCCCCCCC[PH2+]CCCC.CCCCCCCCCCCC[PH2+]CCCC.O=C([O-])c1cccc(C(=O)[O-])c1S(=O)(=O)[O-]. The van der Waals surface area contributed by atoms with Gasteiger partial charge in [-0.1, -0.05) is 233 Å². The molecule has 0 aliphatic heterocycles. The van der Waals surface area contributed by atoms with Crippen molar-refractivity contribution in [2.45, 2.75) is 278 Å². The number of carboxylic acids is 2. The van der Waals surface area contributed by atoms with E-state index in [1.807, 2.05) is 0 Å². The van der Waals surface area contributed by atoms with Gasteiger partial charge in [0.1, 0.15) is 10.1 Å². The lowest BCUT2D eigenvalue weighted by molar-refractivity contribution is -0.255. The van der Waals surface area contributed by atoms with Crippen LogP contribution < -0.4 is 10.2 Å². The maximum absolute atomic E-state index is 10.7. The molecule has 0 amide bonds. The molecule has 1 aromatic carbocycles. The van der Waals surface area contributed by atoms with Gasteiger partial charge in [0.15, 0.2) is 0 Å². The van der Waals surface area contributed by atoms with Crippen molar-refractivity contribution in [2.24, 2.45) is 0 Å². The first kappa shape index (κ1) is 70.6. The number of carboxylic acid groups (broad SMARTS) is 2. The zero-order valence-electron chi connectivity index (χ0n) is 44.9. The predicted molar refractivity (Wildman–Crippen MR) is 302 cm³/mol. The molecule has 0 aromatic heterocycles. The van der Waals surface area contributed by atoms with E-state index in [1.165, 1.54) is 231 Å². The van der Waals surface area contributed by atoms with Crippen molar-refractivity contribution in [1.29, 1.82) is 0 Å². The number of carbonyl (C=O) groups excluding carboxylic acids is 2. The van der Waals surface area contributed by atoms with Gasteiger partial charge in [-0.05, 0) is 83.5 Å². The average Bonchev–Trinajstić information content (AvgIpc) is 3.31. The summed E-state index contributed by atoms with van der Waals surface area (Å²) in [6.45, 7) is 13.8. The van der Waals surface area contributed by atoms with Crippen LogP contribution in [-0.2, 0) is 10.1 Å². The van der Waals surface area contributed by atoms with Gasteiger partial charge in [0, 0.05) is 11.1 Å². The molecule has 7 nitrogen and oxygen atoms in total. The Morgan fingerprint density at radius 1 is 0.358 bits per heavy atom. The molecule has 0 spiro atoms. The summed E-state index contributed by atoms with van der Waals surface area (Å²) in [5.41, 5.74) is -2.01. The summed E-state index contributed by atoms with van der Waals surface area (Å²) >= 11 is 0. The molecule has 67 heavy (non-hydrogen) atoms. The molecule has 0 saturated heterocycles. The van der Waals surface area contributed by atoms with Crippen molar-refractivity contribution in [3.8, 4) is 0 Å². The lowest BCUT2D eigenvalue weighted by Crippen LogP contribution is -2.29. The molecule has 0 aliphatic rings. The molecular weight excluding hydrogens is 910 g/mol. The second-order valence-electron chi connectivity index (χ2n) is 18.9. The summed E-state index contributed by atoms with van der Waals surface area (Å²) in [5, 5.41) is 21.0. The van der Waals surface area contributed by atoms with Crippen molar-refractivity contribution in [2.75, 3.05) is 37.0 Å². The molecule has 3 atom stereocenters. The zero-order chi connectivity index (χ0) is 50.3. The largest absolute Gasteiger partial charge is 0.744 e. The highest BCUT2D eigenvalue weighted by atomic mass is 32.2. The van der Waals surface area contributed by atoms with Gasteiger partial charge in [-0.2, -0.15) is 0 Å². The van der Waals surface area contributed by atoms with Gasteiger partial charge in [0.05, 0.1) is 53.8 Å². The van der Waals surface area contributed by atoms with E-state index in [0.29, 0.717) is 0 Å². The number of unbranched alkanes of at least 4 members (excludes halogenated alkanes) is 30. The second-order valence-corrected chi connectivity index (χ2v) is 25.4. The van der Waals surface area contributed by atoms with Crippen molar-refractivity contribution in [3.63, 3.8) is 0 Å². The maximum atomic E-state index is 10.7. The molecule has 1 aromatic rings. The van der Waals surface area contributed by atoms with Gasteiger partial charge in [-0.25, -0.2) is 8.42 Å². The van der Waals surface area contributed by atoms with Crippen LogP contribution in [0.15, 0.2) is 23.1 Å². The van der Waals surface area contributed by atoms with Crippen molar-refractivity contribution in [1.82, 2.24) is 0 Å². The Balaban J connectivity index is -0.000000815. The standard InChI is InChI=1S/3C16H35P.C8H6O7S/c3*1-3-5-7-8-9-10-11-12-13-14-16-17-15-6-4-2;9-7(10)4-2-1-3-5(8(11)12)6(4)16(13,14)15/h3*17H,3-16H2,1-2H3;1-3H,(H,9,10)(H,11,12)(H,13,14,15). The normalized spacial score (nSPS) is 11.5. The highest BCUT2D eigenvalue weighted by molar-refractivity contribution is 7.86. The molecule has 3 unspecified atom stereocenters. The van der Waals surface area contributed by atoms with E-state index >= 15 is 0 Å². The van der Waals surface area contributed by atoms with Crippen molar-refractivity contribution < 1.29 is 32.8 Å². The predicted octanol–water partition coefficient (Wildman–Crippen LogP) is 15.7. The zero-order valence-corrected chi connectivity index (χ0v) is 49.2. The Labute approximate surface area is 422 Å².